The van der Waals surface area contributed by atoms with Crippen LogP contribution >= 0.6 is 23.5 Å². The maximum absolute atomic E-state index is 6.53. The molecule has 0 radical (unpaired) electrons. The second-order valence-electron chi connectivity index (χ2n) is 5.17. The Labute approximate surface area is 114 Å². The summed E-state index contributed by atoms with van der Waals surface area (Å²) in [5.41, 5.74) is 8.08. The molecule has 3 atom stereocenters. The van der Waals surface area contributed by atoms with Gasteiger partial charge in [-0.05, 0) is 25.7 Å². The van der Waals surface area contributed by atoms with Crippen molar-refractivity contribution in [2.24, 2.45) is 5.73 Å². The summed E-state index contributed by atoms with van der Waals surface area (Å²) < 4.78 is 0. The van der Waals surface area contributed by atoms with E-state index >= 15 is 0 Å². The predicted molar refractivity (Wildman–Crippen MR) is 81.9 cm³/mol. The molecule has 2 N–H and O–H groups in total. The normalized spacial score (nSPS) is 33.4. The third-order valence-corrected chi connectivity index (χ3v) is 7.06. The van der Waals surface area contributed by atoms with Gasteiger partial charge in [-0.1, -0.05) is 31.4 Å². The molecular formula is C14H25NS2. The van der Waals surface area contributed by atoms with Crippen LogP contribution in [-0.4, -0.2) is 28.0 Å². The first kappa shape index (κ1) is 13.8. The van der Waals surface area contributed by atoms with Gasteiger partial charge in [0.2, 0.25) is 0 Å². The maximum atomic E-state index is 6.53. The summed E-state index contributed by atoms with van der Waals surface area (Å²) in [6, 6.07) is 0.306. The lowest BCUT2D eigenvalue weighted by Crippen LogP contribution is -2.42. The first-order chi connectivity index (χ1) is 8.29. The van der Waals surface area contributed by atoms with Crippen LogP contribution in [0, 0.1) is 0 Å². The fourth-order valence-electron chi connectivity index (χ4n) is 2.77. The molecule has 1 saturated heterocycles. The van der Waals surface area contributed by atoms with Gasteiger partial charge in [0.1, 0.15) is 0 Å². The summed E-state index contributed by atoms with van der Waals surface area (Å²) in [7, 11) is 0. The molecule has 17 heavy (non-hydrogen) atoms. The van der Waals surface area contributed by atoms with E-state index < -0.39 is 0 Å². The van der Waals surface area contributed by atoms with E-state index in [1.54, 1.807) is 5.57 Å². The Balaban J connectivity index is 1.98. The molecule has 98 valence electrons. The summed E-state index contributed by atoms with van der Waals surface area (Å²) in [5, 5.41) is 1.36. The fourth-order valence-corrected chi connectivity index (χ4v) is 5.67. The van der Waals surface area contributed by atoms with Crippen molar-refractivity contribution in [3.8, 4) is 0 Å². The Hall–Kier alpha value is 0.400. The lowest BCUT2D eigenvalue weighted by molar-refractivity contribution is 0.585. The number of thioether (sulfide) groups is 2. The van der Waals surface area contributed by atoms with Crippen LogP contribution in [0.3, 0.4) is 0 Å². The van der Waals surface area contributed by atoms with Crippen LogP contribution in [0.2, 0.25) is 0 Å². The molecule has 2 rings (SSSR count). The van der Waals surface area contributed by atoms with Gasteiger partial charge in [0.25, 0.3) is 0 Å². The van der Waals surface area contributed by atoms with E-state index in [1.165, 1.54) is 50.0 Å². The highest BCUT2D eigenvalue weighted by molar-refractivity contribution is 8.07. The van der Waals surface area contributed by atoms with E-state index in [-0.39, 0.29) is 0 Å². The molecule has 1 aliphatic carbocycles. The minimum absolute atomic E-state index is 0.306. The molecule has 0 saturated carbocycles. The van der Waals surface area contributed by atoms with Crippen LogP contribution in [-0.2, 0) is 0 Å². The SMILES string of the molecule is CC1SCCSC1C(N)C1=CCCCCCC1. The third kappa shape index (κ3) is 3.93. The molecule has 0 aromatic carbocycles. The van der Waals surface area contributed by atoms with Gasteiger partial charge in [0.05, 0.1) is 0 Å². The van der Waals surface area contributed by atoms with Crippen LogP contribution in [0.1, 0.15) is 45.4 Å². The first-order valence-electron chi connectivity index (χ1n) is 6.97. The van der Waals surface area contributed by atoms with Crippen molar-refractivity contribution in [3.05, 3.63) is 11.6 Å². The van der Waals surface area contributed by atoms with Gasteiger partial charge in [-0.15, -0.1) is 0 Å². The summed E-state index contributed by atoms with van der Waals surface area (Å²) in [6.45, 7) is 2.35. The lowest BCUT2D eigenvalue weighted by atomic mass is 9.93. The van der Waals surface area contributed by atoms with Gasteiger partial charge in [0.15, 0.2) is 0 Å². The zero-order valence-corrected chi connectivity index (χ0v) is 12.5. The van der Waals surface area contributed by atoms with E-state index in [0.29, 0.717) is 11.3 Å². The van der Waals surface area contributed by atoms with Crippen molar-refractivity contribution < 1.29 is 0 Å². The molecule has 0 aromatic rings. The Kier molecular flexibility index (Phi) is 5.78. The van der Waals surface area contributed by atoms with Crippen molar-refractivity contribution in [2.45, 2.75) is 62.0 Å². The van der Waals surface area contributed by atoms with Gasteiger partial charge < -0.3 is 5.73 Å². The topological polar surface area (TPSA) is 26.0 Å². The standard InChI is InChI=1S/C14H25NS2/c1-11-14(17-10-9-16-11)13(15)12-7-5-3-2-4-6-8-12/h7,11,13-14H,2-6,8-10,15H2,1H3. The number of hydrogen-bond donors (Lipinski definition) is 1. The zero-order valence-electron chi connectivity index (χ0n) is 10.9. The van der Waals surface area contributed by atoms with Crippen molar-refractivity contribution in [3.63, 3.8) is 0 Å². The average molecular weight is 271 g/mol. The van der Waals surface area contributed by atoms with Gasteiger partial charge in [-0.2, -0.15) is 23.5 Å². The second kappa shape index (κ2) is 7.10. The number of allylic oxidation sites excluding steroid dienone is 1. The van der Waals surface area contributed by atoms with Crippen LogP contribution in [0.4, 0.5) is 0 Å². The second-order valence-corrected chi connectivity index (χ2v) is 7.94. The van der Waals surface area contributed by atoms with Crippen molar-refractivity contribution >= 4 is 23.5 Å². The molecular weight excluding hydrogens is 246 g/mol. The highest BCUT2D eigenvalue weighted by Crippen LogP contribution is 2.35. The molecule has 0 bridgehead atoms. The number of rotatable bonds is 2. The van der Waals surface area contributed by atoms with E-state index in [1.807, 2.05) is 0 Å². The van der Waals surface area contributed by atoms with E-state index in [0.717, 1.165) is 5.25 Å². The van der Waals surface area contributed by atoms with Gasteiger partial charge >= 0.3 is 0 Å². The van der Waals surface area contributed by atoms with Crippen molar-refractivity contribution in [1.82, 2.24) is 0 Å². The summed E-state index contributed by atoms with van der Waals surface area (Å²) in [4.78, 5) is 0. The smallest absolute Gasteiger partial charge is 0.0385 e. The largest absolute Gasteiger partial charge is 0.323 e. The predicted octanol–water partition coefficient (Wildman–Crippen LogP) is 3.83. The summed E-state index contributed by atoms with van der Waals surface area (Å²) in [5.74, 6) is 2.58. The molecule has 0 aromatic heterocycles. The molecule has 3 unspecified atom stereocenters. The number of hydrogen-bond acceptors (Lipinski definition) is 3. The van der Waals surface area contributed by atoms with Gasteiger partial charge in [-0.3, -0.25) is 0 Å². The Morgan fingerprint density at radius 3 is 2.76 bits per heavy atom. The van der Waals surface area contributed by atoms with Crippen LogP contribution in [0.25, 0.3) is 0 Å². The van der Waals surface area contributed by atoms with Crippen LogP contribution in [0.15, 0.2) is 11.6 Å². The van der Waals surface area contributed by atoms with Gasteiger partial charge in [0, 0.05) is 28.0 Å². The molecule has 1 fully saturated rings. The quantitative estimate of drug-likeness (QED) is 0.773. The Morgan fingerprint density at radius 2 is 1.94 bits per heavy atom. The van der Waals surface area contributed by atoms with E-state index in [2.05, 4.69) is 36.5 Å². The minimum Gasteiger partial charge on any atom is -0.323 e. The average Bonchev–Trinajstić information content (AvgIpc) is 2.28. The van der Waals surface area contributed by atoms with E-state index in [9.17, 15) is 0 Å². The molecule has 0 amide bonds. The molecule has 1 nitrogen and oxygen atoms in total. The third-order valence-electron chi connectivity index (χ3n) is 3.85. The first-order valence-corrected chi connectivity index (χ1v) is 9.06. The Bertz CT molecular complexity index is 265. The molecule has 1 aliphatic heterocycles. The molecule has 0 spiro atoms. The van der Waals surface area contributed by atoms with Gasteiger partial charge in [-0.25, -0.2) is 0 Å². The lowest BCUT2D eigenvalue weighted by Gasteiger charge is -2.34. The highest BCUT2D eigenvalue weighted by atomic mass is 32.2. The summed E-state index contributed by atoms with van der Waals surface area (Å²) in [6.07, 6.45) is 10.5. The minimum atomic E-state index is 0.306. The maximum Gasteiger partial charge on any atom is 0.0385 e. The monoisotopic (exact) mass is 271 g/mol. The van der Waals surface area contributed by atoms with Crippen LogP contribution < -0.4 is 5.73 Å². The molecule has 3 heteroatoms. The summed E-state index contributed by atoms with van der Waals surface area (Å²) >= 11 is 4.20. The molecule has 1 heterocycles. The highest BCUT2D eigenvalue weighted by Gasteiger charge is 2.29. The fraction of sp³-hybridized carbons (Fsp3) is 0.857. The number of nitrogens with two attached hydrogens (primary N) is 1. The van der Waals surface area contributed by atoms with Crippen molar-refractivity contribution in [1.29, 1.82) is 0 Å². The van der Waals surface area contributed by atoms with Crippen LogP contribution in [0.5, 0.6) is 0 Å². The van der Waals surface area contributed by atoms with E-state index in [4.69, 9.17) is 5.73 Å². The zero-order chi connectivity index (χ0) is 12.1. The van der Waals surface area contributed by atoms with Crippen molar-refractivity contribution in [2.75, 3.05) is 11.5 Å². The Morgan fingerprint density at radius 1 is 1.18 bits per heavy atom. The molecule has 2 aliphatic rings.